The summed E-state index contributed by atoms with van der Waals surface area (Å²) < 4.78 is 45.7. The summed E-state index contributed by atoms with van der Waals surface area (Å²) in [5.74, 6) is -2.59. The minimum Gasteiger partial charge on any atom is -0.461 e. The van der Waals surface area contributed by atoms with Crippen molar-refractivity contribution >= 4 is 56.3 Å². The summed E-state index contributed by atoms with van der Waals surface area (Å²) >= 11 is 5.91. The number of nitrogens with one attached hydrogen (secondary N) is 1. The number of benzene rings is 2. The van der Waals surface area contributed by atoms with E-state index >= 15 is 4.39 Å². The molecule has 0 radical (unpaired) electrons. The first-order valence-corrected chi connectivity index (χ1v) is 14.3. The van der Waals surface area contributed by atoms with Gasteiger partial charge in [-0.1, -0.05) is 41.9 Å². The minimum absolute atomic E-state index is 0.0160. The molecule has 10 nitrogen and oxygen atoms in total. The molecule has 206 valence electrons. The van der Waals surface area contributed by atoms with Gasteiger partial charge in [-0.2, -0.15) is 5.10 Å². The van der Waals surface area contributed by atoms with Crippen molar-refractivity contribution in [2.75, 3.05) is 18.2 Å². The van der Waals surface area contributed by atoms with Crippen molar-refractivity contribution in [3.63, 3.8) is 0 Å². The van der Waals surface area contributed by atoms with Gasteiger partial charge in [0, 0.05) is 29.0 Å². The van der Waals surface area contributed by atoms with Crippen LogP contribution >= 0.6 is 11.6 Å². The number of halogens is 2. The Labute approximate surface area is 234 Å². The Morgan fingerprint density at radius 3 is 2.40 bits per heavy atom. The van der Waals surface area contributed by atoms with Crippen molar-refractivity contribution in [3.05, 3.63) is 93.4 Å². The maximum atomic E-state index is 15.4. The Bertz CT molecular complexity index is 1670. The highest BCUT2D eigenvalue weighted by atomic mass is 35.5. The number of carbonyl (C=O) groups excluding carboxylic acids is 3. The highest BCUT2D eigenvalue weighted by molar-refractivity contribution is 7.95. The second-order valence-corrected chi connectivity index (χ2v) is 11.4. The molecule has 2 bridgehead atoms. The van der Waals surface area contributed by atoms with Gasteiger partial charge in [0.1, 0.15) is 28.2 Å². The van der Waals surface area contributed by atoms with Crippen LogP contribution in [0.4, 0.5) is 14.9 Å². The molecule has 1 N–H and O–H groups in total. The van der Waals surface area contributed by atoms with Crippen LogP contribution in [0, 0.1) is 0 Å². The van der Waals surface area contributed by atoms with Crippen LogP contribution in [0.25, 0.3) is 5.57 Å². The van der Waals surface area contributed by atoms with E-state index in [9.17, 15) is 22.8 Å². The monoisotopic (exact) mass is 584 g/mol. The van der Waals surface area contributed by atoms with E-state index in [4.69, 9.17) is 16.3 Å². The Balaban J connectivity index is 1.53. The largest absolute Gasteiger partial charge is 0.461 e. The molecule has 0 aromatic heterocycles. The molecule has 5 rings (SSSR count). The number of hydrazone groups is 1. The molecular formula is C27H22ClFN4O6S. The lowest BCUT2D eigenvalue weighted by molar-refractivity contribution is -0.135. The van der Waals surface area contributed by atoms with Crippen LogP contribution in [-0.4, -0.2) is 60.9 Å². The minimum atomic E-state index is -3.95. The van der Waals surface area contributed by atoms with Crippen molar-refractivity contribution in [1.82, 2.24) is 9.91 Å². The van der Waals surface area contributed by atoms with Gasteiger partial charge in [0.2, 0.25) is 0 Å². The van der Waals surface area contributed by atoms with E-state index in [1.165, 1.54) is 18.2 Å². The predicted molar refractivity (Wildman–Crippen MR) is 146 cm³/mol. The van der Waals surface area contributed by atoms with E-state index in [0.717, 1.165) is 16.2 Å². The van der Waals surface area contributed by atoms with E-state index in [-0.39, 0.29) is 34.9 Å². The first kappa shape index (κ1) is 27.3. The van der Waals surface area contributed by atoms with E-state index in [1.807, 2.05) is 0 Å². The molecule has 3 aliphatic heterocycles. The maximum Gasteiger partial charge on any atom is 0.354 e. The van der Waals surface area contributed by atoms with Crippen LogP contribution in [0.1, 0.15) is 18.9 Å². The molecule has 0 fully saturated rings. The molecule has 3 heterocycles. The number of ether oxygens (including phenoxy) is 1. The number of esters is 1. The zero-order chi connectivity index (χ0) is 28.8. The number of allylic oxidation sites excluding steroid dienone is 3. The van der Waals surface area contributed by atoms with Gasteiger partial charge in [0.25, 0.3) is 5.91 Å². The summed E-state index contributed by atoms with van der Waals surface area (Å²) in [5, 5.41) is 7.85. The van der Waals surface area contributed by atoms with Gasteiger partial charge in [-0.25, -0.2) is 27.4 Å². The van der Waals surface area contributed by atoms with E-state index in [0.29, 0.717) is 16.3 Å². The standard InChI is InChI=1S/C27H22ClFN4O6S/c1-3-39-26(35)20-14-21(33(31-20)27(36)30-17-11-9-16(28)10-12-17)25(34)32-22-18(15-7-5-4-6-8-15)13-19(29)23(32)24(22)40(2,37)38/h4-13,21H,3,14H2,1-2H3,(H,30,36). The summed E-state index contributed by atoms with van der Waals surface area (Å²) in [6.07, 6.45) is 1.76. The van der Waals surface area contributed by atoms with Gasteiger partial charge in [0.15, 0.2) is 9.84 Å². The number of urea groups is 1. The molecule has 0 aliphatic carbocycles. The third-order valence-electron chi connectivity index (χ3n) is 6.32. The Kier molecular flexibility index (Phi) is 7.06. The van der Waals surface area contributed by atoms with Crippen LogP contribution in [0.5, 0.6) is 0 Å². The SMILES string of the molecule is CCOC(=O)C1=NN(C(=O)Nc2ccc(Cl)cc2)C(C(=O)N2c3c(F)cc(-c4ccccc4)c2c3S(C)(=O)=O)C1. The second kappa shape index (κ2) is 10.4. The molecule has 0 spiro atoms. The zero-order valence-corrected chi connectivity index (χ0v) is 22.8. The average molecular weight is 585 g/mol. The molecule has 13 heteroatoms. The van der Waals surface area contributed by atoms with Crippen molar-refractivity contribution in [2.24, 2.45) is 5.10 Å². The number of hydrogen-bond acceptors (Lipinski definition) is 7. The number of anilines is 1. The summed E-state index contributed by atoms with van der Waals surface area (Å²) in [7, 11) is -3.95. The van der Waals surface area contributed by atoms with Gasteiger partial charge < -0.3 is 10.1 Å². The van der Waals surface area contributed by atoms with Gasteiger partial charge in [-0.05, 0) is 42.8 Å². The van der Waals surface area contributed by atoms with Crippen LogP contribution in [0.3, 0.4) is 0 Å². The second-order valence-electron chi connectivity index (χ2n) is 9.01. The van der Waals surface area contributed by atoms with Gasteiger partial charge in [-0.3, -0.25) is 9.69 Å². The van der Waals surface area contributed by atoms with Crippen LogP contribution in [0.2, 0.25) is 5.02 Å². The van der Waals surface area contributed by atoms with Crippen molar-refractivity contribution in [2.45, 2.75) is 19.4 Å². The molecule has 0 saturated carbocycles. The molecule has 1 unspecified atom stereocenters. The Hall–Kier alpha value is -4.29. The van der Waals surface area contributed by atoms with Crippen LogP contribution in [0.15, 0.2) is 87.9 Å². The van der Waals surface area contributed by atoms with Gasteiger partial charge in [-0.15, -0.1) is 0 Å². The average Bonchev–Trinajstić information content (AvgIpc) is 3.35. The van der Waals surface area contributed by atoms with Crippen molar-refractivity contribution < 1.29 is 31.9 Å². The van der Waals surface area contributed by atoms with E-state index < -0.39 is 45.3 Å². The smallest absolute Gasteiger partial charge is 0.354 e. The van der Waals surface area contributed by atoms with E-state index in [2.05, 4.69) is 10.4 Å². The van der Waals surface area contributed by atoms with Crippen LogP contribution in [-0.2, 0) is 24.2 Å². The zero-order valence-electron chi connectivity index (χ0n) is 21.2. The molecule has 2 aromatic carbocycles. The predicted octanol–water partition coefficient (Wildman–Crippen LogP) is 4.24. The molecule has 2 aromatic rings. The Morgan fingerprint density at radius 1 is 1.10 bits per heavy atom. The van der Waals surface area contributed by atoms with Gasteiger partial charge in [0.05, 0.1) is 12.3 Å². The number of rotatable bonds is 6. The van der Waals surface area contributed by atoms with Crippen molar-refractivity contribution in [3.8, 4) is 0 Å². The van der Waals surface area contributed by atoms with Crippen LogP contribution < -0.4 is 5.32 Å². The Morgan fingerprint density at radius 2 is 1.77 bits per heavy atom. The molecule has 0 saturated heterocycles. The number of hydrogen-bond donors (Lipinski definition) is 1. The lowest BCUT2D eigenvalue weighted by Gasteiger charge is -2.43. The molecule has 40 heavy (non-hydrogen) atoms. The molecule has 3 aliphatic rings. The summed E-state index contributed by atoms with van der Waals surface area (Å²) in [5.41, 5.74) is 0.373. The number of nitrogens with zero attached hydrogens (tertiary/aromatic N) is 3. The fourth-order valence-corrected chi connectivity index (χ4v) is 5.81. The highest BCUT2D eigenvalue weighted by Crippen LogP contribution is 2.51. The number of fused-ring (bicyclic) bond motifs is 2. The van der Waals surface area contributed by atoms with Crippen molar-refractivity contribution in [1.29, 1.82) is 0 Å². The normalized spacial score (nSPS) is 18.2. The first-order valence-electron chi connectivity index (χ1n) is 12.1. The summed E-state index contributed by atoms with van der Waals surface area (Å²) in [4.78, 5) is 40.3. The van der Waals surface area contributed by atoms with Gasteiger partial charge >= 0.3 is 12.0 Å². The number of amides is 3. The number of carbonyl (C=O) groups is 3. The summed E-state index contributed by atoms with van der Waals surface area (Å²) in [6.45, 7) is 1.63. The first-order chi connectivity index (χ1) is 19.0. The lowest BCUT2D eigenvalue weighted by Crippen LogP contribution is -2.52. The third-order valence-corrected chi connectivity index (χ3v) is 7.70. The molecule has 1 atom stereocenters. The fourth-order valence-electron chi connectivity index (χ4n) is 4.60. The topological polar surface area (TPSA) is 125 Å². The summed E-state index contributed by atoms with van der Waals surface area (Å²) in [6, 6.07) is 12.3. The lowest BCUT2D eigenvalue weighted by atomic mass is 9.89. The molecule has 3 amide bonds. The van der Waals surface area contributed by atoms with E-state index in [1.54, 1.807) is 49.4 Å². The maximum absolute atomic E-state index is 15.4. The fraction of sp³-hybridized carbons (Fsp3) is 0.185. The molecular weight excluding hydrogens is 563 g/mol. The number of sulfone groups is 1. The third kappa shape index (κ3) is 4.80. The quantitative estimate of drug-likeness (QED) is 0.506. The highest BCUT2D eigenvalue weighted by Gasteiger charge is 2.52.